The lowest BCUT2D eigenvalue weighted by atomic mass is 10.00. The topological polar surface area (TPSA) is 55.7 Å². The number of hydrogen-bond donors (Lipinski definition) is 1. The van der Waals surface area contributed by atoms with Crippen LogP contribution in [0.4, 0.5) is 0 Å². The third-order valence-electron chi connectivity index (χ3n) is 5.61. The Morgan fingerprint density at radius 1 is 1.07 bits per heavy atom. The molecule has 3 heterocycles. The molecule has 1 atom stereocenters. The Morgan fingerprint density at radius 3 is 2.83 bits per heavy atom. The maximum atomic E-state index is 12.8. The van der Waals surface area contributed by atoms with Crippen LogP contribution in [0.3, 0.4) is 0 Å². The fourth-order valence-electron chi connectivity index (χ4n) is 4.15. The second kappa shape index (κ2) is 8.05. The van der Waals surface area contributed by atoms with Crippen molar-refractivity contribution < 1.29 is 14.3 Å². The summed E-state index contributed by atoms with van der Waals surface area (Å²) in [6.07, 6.45) is 2.08. The lowest BCUT2D eigenvalue weighted by molar-refractivity contribution is -0.123. The second-order valence-electron chi connectivity index (χ2n) is 7.49. The molecule has 2 aromatic carbocycles. The van der Waals surface area contributed by atoms with E-state index in [1.807, 2.05) is 48.5 Å². The third kappa shape index (κ3) is 3.64. The molecule has 1 amide bonds. The molecule has 0 saturated carbocycles. The van der Waals surface area contributed by atoms with Gasteiger partial charge in [0.05, 0.1) is 12.6 Å². The summed E-state index contributed by atoms with van der Waals surface area (Å²) in [6.45, 7) is 2.60. The van der Waals surface area contributed by atoms with E-state index < -0.39 is 0 Å². The molecule has 1 aromatic heterocycles. The van der Waals surface area contributed by atoms with E-state index in [0.717, 1.165) is 41.4 Å². The van der Waals surface area contributed by atoms with E-state index in [4.69, 9.17) is 21.1 Å². The number of halogens is 1. The van der Waals surface area contributed by atoms with Crippen LogP contribution in [0.5, 0.6) is 11.5 Å². The highest BCUT2D eigenvalue weighted by molar-refractivity contribution is 6.31. The Bertz CT molecular complexity index is 1080. The van der Waals surface area contributed by atoms with Gasteiger partial charge in [0.2, 0.25) is 12.7 Å². The van der Waals surface area contributed by atoms with Gasteiger partial charge < -0.3 is 19.4 Å². The van der Waals surface area contributed by atoms with E-state index in [2.05, 4.69) is 27.0 Å². The Balaban J connectivity index is 1.30. The van der Waals surface area contributed by atoms with Gasteiger partial charge in [0.15, 0.2) is 11.5 Å². The van der Waals surface area contributed by atoms with Crippen molar-refractivity contribution in [2.24, 2.45) is 0 Å². The molecule has 1 N–H and O–H groups in total. The van der Waals surface area contributed by atoms with Gasteiger partial charge in [-0.3, -0.25) is 9.69 Å². The lowest BCUT2D eigenvalue weighted by Gasteiger charge is -2.37. The number of carbonyl (C=O) groups excluding carboxylic acids is 1. The normalized spacial score (nSPS) is 17.6. The van der Waals surface area contributed by atoms with Gasteiger partial charge in [-0.25, -0.2) is 0 Å². The zero-order valence-electron chi connectivity index (χ0n) is 16.4. The minimum Gasteiger partial charge on any atom is -0.454 e. The monoisotopic (exact) mass is 423 g/mol. The highest BCUT2D eigenvalue weighted by Gasteiger charge is 2.31. The number of fused-ring (bicyclic) bond motifs is 2. The molecular weight excluding hydrogens is 402 g/mol. The first-order valence-corrected chi connectivity index (χ1v) is 10.4. The van der Waals surface area contributed by atoms with Crippen molar-refractivity contribution in [1.82, 2.24) is 14.8 Å². The molecule has 2 aliphatic rings. The maximum absolute atomic E-state index is 12.8. The summed E-state index contributed by atoms with van der Waals surface area (Å²) in [7, 11) is 0. The minimum absolute atomic E-state index is 0.0234. The number of hydrogen-bond acceptors (Lipinski definition) is 4. The quantitative estimate of drug-likeness (QED) is 0.681. The molecule has 0 radical (unpaired) electrons. The van der Waals surface area contributed by atoms with Gasteiger partial charge in [0, 0.05) is 36.5 Å². The molecule has 0 fully saturated rings. The molecule has 6 nitrogen and oxygen atoms in total. The van der Waals surface area contributed by atoms with Crippen molar-refractivity contribution in [2.45, 2.75) is 19.1 Å². The van der Waals surface area contributed by atoms with Crippen LogP contribution >= 0.6 is 11.6 Å². The summed E-state index contributed by atoms with van der Waals surface area (Å²) in [5, 5.41) is 3.74. The molecule has 30 heavy (non-hydrogen) atoms. The molecule has 5 rings (SSSR count). The third-order valence-corrected chi connectivity index (χ3v) is 5.96. The first kappa shape index (κ1) is 19.0. The van der Waals surface area contributed by atoms with Crippen LogP contribution in [0.25, 0.3) is 0 Å². The molecule has 3 aromatic rings. The fourth-order valence-corrected chi connectivity index (χ4v) is 4.39. The molecule has 0 bridgehead atoms. The highest BCUT2D eigenvalue weighted by atomic mass is 35.5. The molecule has 154 valence electrons. The van der Waals surface area contributed by atoms with Gasteiger partial charge in [0.1, 0.15) is 0 Å². The van der Waals surface area contributed by atoms with Gasteiger partial charge in [-0.15, -0.1) is 0 Å². The average molecular weight is 424 g/mol. The van der Waals surface area contributed by atoms with Crippen molar-refractivity contribution >= 4 is 17.5 Å². The first-order chi connectivity index (χ1) is 14.7. The minimum atomic E-state index is -0.0567. The van der Waals surface area contributed by atoms with Crippen LogP contribution in [-0.2, 0) is 17.9 Å². The van der Waals surface area contributed by atoms with Crippen LogP contribution in [0.1, 0.15) is 22.9 Å². The number of amides is 1. The molecule has 2 aliphatic heterocycles. The summed E-state index contributed by atoms with van der Waals surface area (Å²) in [4.78, 5) is 15.0. The summed E-state index contributed by atoms with van der Waals surface area (Å²) < 4.78 is 13.0. The van der Waals surface area contributed by atoms with Crippen molar-refractivity contribution in [3.8, 4) is 11.5 Å². The predicted octanol–water partition coefficient (Wildman–Crippen LogP) is 3.59. The van der Waals surface area contributed by atoms with Gasteiger partial charge in [-0.1, -0.05) is 35.9 Å². The highest BCUT2D eigenvalue weighted by Crippen LogP contribution is 2.36. The summed E-state index contributed by atoms with van der Waals surface area (Å²) in [5.74, 6) is 1.44. The summed E-state index contributed by atoms with van der Waals surface area (Å²) in [6, 6.07) is 17.7. The van der Waals surface area contributed by atoms with Gasteiger partial charge in [-0.05, 0) is 41.5 Å². The van der Waals surface area contributed by atoms with Crippen molar-refractivity contribution in [3.05, 3.63) is 82.6 Å². The maximum Gasteiger partial charge on any atom is 0.234 e. The first-order valence-electron chi connectivity index (χ1n) is 9.98. The van der Waals surface area contributed by atoms with E-state index >= 15 is 0 Å². The Labute approximate surface area is 180 Å². The van der Waals surface area contributed by atoms with Crippen molar-refractivity contribution in [1.29, 1.82) is 0 Å². The van der Waals surface area contributed by atoms with Gasteiger partial charge in [-0.2, -0.15) is 0 Å². The number of ether oxygens (including phenoxy) is 2. The number of nitrogens with zero attached hydrogens (tertiary/aromatic N) is 2. The number of carbonyl (C=O) groups is 1. The standard InChI is InChI=1S/C23H22ClN3O3/c24-18-5-2-1-4-17(18)23-19-6-3-9-26(19)10-11-27(23)14-22(28)25-13-16-7-8-20-21(12-16)30-15-29-20/h1-9,12,23H,10-11,13-15H2,(H,25,28). The second-order valence-corrected chi connectivity index (χ2v) is 7.89. The summed E-state index contributed by atoms with van der Waals surface area (Å²) in [5.41, 5.74) is 3.14. The molecule has 0 aliphatic carbocycles. The predicted molar refractivity (Wildman–Crippen MR) is 114 cm³/mol. The van der Waals surface area contributed by atoms with Gasteiger partial charge >= 0.3 is 0 Å². The Morgan fingerprint density at radius 2 is 1.93 bits per heavy atom. The van der Waals surface area contributed by atoms with Crippen molar-refractivity contribution in [3.63, 3.8) is 0 Å². The van der Waals surface area contributed by atoms with E-state index in [0.29, 0.717) is 18.1 Å². The number of rotatable bonds is 5. The Kier molecular flexibility index (Phi) is 5.11. The fraction of sp³-hybridized carbons (Fsp3) is 0.261. The molecule has 7 heteroatoms. The number of aromatic nitrogens is 1. The van der Waals surface area contributed by atoms with E-state index in [-0.39, 0.29) is 18.7 Å². The van der Waals surface area contributed by atoms with Crippen LogP contribution in [-0.4, -0.2) is 35.3 Å². The van der Waals surface area contributed by atoms with Crippen LogP contribution < -0.4 is 14.8 Å². The zero-order valence-corrected chi connectivity index (χ0v) is 17.1. The van der Waals surface area contributed by atoms with E-state index in [1.54, 1.807) is 0 Å². The van der Waals surface area contributed by atoms with Crippen LogP contribution in [0, 0.1) is 0 Å². The molecule has 0 spiro atoms. The molecule has 0 saturated heterocycles. The smallest absolute Gasteiger partial charge is 0.234 e. The zero-order chi connectivity index (χ0) is 20.5. The lowest BCUT2D eigenvalue weighted by Crippen LogP contribution is -2.44. The average Bonchev–Trinajstić information content (AvgIpc) is 3.41. The van der Waals surface area contributed by atoms with Crippen LogP contribution in [0.15, 0.2) is 60.8 Å². The van der Waals surface area contributed by atoms with Gasteiger partial charge in [0.25, 0.3) is 0 Å². The Hall–Kier alpha value is -2.96. The molecule has 1 unspecified atom stereocenters. The SMILES string of the molecule is O=C(CN1CCn2cccc2C1c1ccccc1Cl)NCc1ccc2c(c1)OCO2. The van der Waals surface area contributed by atoms with Crippen molar-refractivity contribution in [2.75, 3.05) is 19.9 Å². The number of benzene rings is 2. The van der Waals surface area contributed by atoms with Crippen LogP contribution in [0.2, 0.25) is 5.02 Å². The summed E-state index contributed by atoms with van der Waals surface area (Å²) >= 11 is 6.52. The molecular formula is C23H22ClN3O3. The van der Waals surface area contributed by atoms with E-state index in [9.17, 15) is 4.79 Å². The van der Waals surface area contributed by atoms with E-state index in [1.165, 1.54) is 0 Å². The number of nitrogens with one attached hydrogen (secondary N) is 1. The largest absolute Gasteiger partial charge is 0.454 e.